The van der Waals surface area contributed by atoms with E-state index in [1.54, 1.807) is 13.8 Å². The lowest BCUT2D eigenvalue weighted by atomic mass is 9.86. The number of oxime groups is 1. The Labute approximate surface area is 107 Å². The van der Waals surface area contributed by atoms with Gasteiger partial charge in [0.2, 0.25) is 0 Å². The molecule has 1 saturated heterocycles. The Hall–Kier alpha value is -1.50. The largest absolute Gasteiger partial charge is 0.447 e. The molecule has 1 amide bonds. The van der Waals surface area contributed by atoms with E-state index in [2.05, 4.69) is 15.4 Å². The van der Waals surface area contributed by atoms with Crippen LogP contribution in [-0.4, -0.2) is 53.8 Å². The van der Waals surface area contributed by atoms with E-state index in [1.165, 1.54) is 0 Å². The zero-order valence-electron chi connectivity index (χ0n) is 11.1. The van der Waals surface area contributed by atoms with E-state index in [9.17, 15) is 4.79 Å². The van der Waals surface area contributed by atoms with Gasteiger partial charge in [-0.25, -0.2) is 4.79 Å². The second-order valence-electron chi connectivity index (χ2n) is 4.95. The lowest BCUT2D eigenvalue weighted by Gasteiger charge is -2.39. The Morgan fingerprint density at radius 3 is 2.50 bits per heavy atom. The summed E-state index contributed by atoms with van der Waals surface area (Å²) in [7, 11) is 1.99. The van der Waals surface area contributed by atoms with Crippen LogP contribution in [0.1, 0.15) is 26.7 Å². The summed E-state index contributed by atoms with van der Waals surface area (Å²) >= 11 is 0. The fourth-order valence-electron chi connectivity index (χ4n) is 1.98. The molecule has 7 nitrogen and oxygen atoms in total. The molecule has 1 heterocycles. The van der Waals surface area contributed by atoms with E-state index in [-0.39, 0.29) is 11.9 Å². The maximum atomic E-state index is 11.7. The molecule has 0 atom stereocenters. The number of alkyl carbamates (subject to hydrolysis) is 1. The molecule has 4 N–H and O–H groups in total. The first-order valence-corrected chi connectivity index (χ1v) is 6.05. The van der Waals surface area contributed by atoms with Gasteiger partial charge in [-0.1, -0.05) is 5.16 Å². The zero-order chi connectivity index (χ0) is 13.8. The highest BCUT2D eigenvalue weighted by Gasteiger charge is 2.40. The van der Waals surface area contributed by atoms with E-state index < -0.39 is 11.6 Å². The van der Waals surface area contributed by atoms with Gasteiger partial charge < -0.3 is 25.9 Å². The number of nitrogens with two attached hydrogens (primary N) is 1. The third-order valence-electron chi connectivity index (χ3n) is 3.12. The van der Waals surface area contributed by atoms with Gasteiger partial charge in [-0.05, 0) is 33.7 Å². The minimum absolute atomic E-state index is 0.0244. The molecule has 0 aromatic carbocycles. The second-order valence-corrected chi connectivity index (χ2v) is 4.95. The first-order valence-electron chi connectivity index (χ1n) is 6.05. The van der Waals surface area contributed by atoms with E-state index in [1.807, 2.05) is 7.05 Å². The minimum Gasteiger partial charge on any atom is -0.447 e. The number of amidine groups is 1. The number of carbonyl (C=O) groups is 1. The van der Waals surface area contributed by atoms with Crippen LogP contribution in [0, 0.1) is 0 Å². The molecule has 7 heteroatoms. The van der Waals surface area contributed by atoms with Crippen molar-refractivity contribution in [3.05, 3.63) is 0 Å². The summed E-state index contributed by atoms with van der Waals surface area (Å²) < 4.78 is 5.04. The minimum atomic E-state index is -0.812. The quantitative estimate of drug-likeness (QED) is 0.293. The van der Waals surface area contributed by atoms with Gasteiger partial charge in [0.1, 0.15) is 5.54 Å². The number of likely N-dealkylation sites (tertiary alicyclic amines) is 1. The third-order valence-corrected chi connectivity index (χ3v) is 3.12. The lowest BCUT2D eigenvalue weighted by Crippen LogP contribution is -2.62. The van der Waals surface area contributed by atoms with Crippen molar-refractivity contribution in [1.29, 1.82) is 0 Å². The lowest BCUT2D eigenvalue weighted by molar-refractivity contribution is 0.101. The third kappa shape index (κ3) is 3.49. The van der Waals surface area contributed by atoms with Gasteiger partial charge in [-0.3, -0.25) is 0 Å². The molecular weight excluding hydrogens is 236 g/mol. The average molecular weight is 258 g/mol. The molecule has 1 rings (SSSR count). The van der Waals surface area contributed by atoms with Gasteiger partial charge in [-0.2, -0.15) is 0 Å². The van der Waals surface area contributed by atoms with Crippen LogP contribution in [-0.2, 0) is 4.74 Å². The Bertz CT molecular complexity index is 322. The molecule has 1 aliphatic rings. The van der Waals surface area contributed by atoms with Crippen LogP contribution in [0.2, 0.25) is 0 Å². The predicted octanol–water partition coefficient (Wildman–Crippen LogP) is 0.332. The summed E-state index contributed by atoms with van der Waals surface area (Å²) in [4.78, 5) is 13.8. The molecule has 0 unspecified atom stereocenters. The van der Waals surface area contributed by atoms with Crippen LogP contribution >= 0.6 is 0 Å². The average Bonchev–Trinajstić information content (AvgIpc) is 2.30. The summed E-state index contributed by atoms with van der Waals surface area (Å²) in [6, 6.07) is 0. The molecule has 0 aromatic rings. The Kier molecular flexibility index (Phi) is 4.77. The van der Waals surface area contributed by atoms with Crippen LogP contribution < -0.4 is 11.1 Å². The number of ether oxygens (including phenoxy) is 1. The van der Waals surface area contributed by atoms with E-state index >= 15 is 0 Å². The van der Waals surface area contributed by atoms with Gasteiger partial charge >= 0.3 is 6.09 Å². The normalized spacial score (nSPS) is 20.8. The molecule has 0 aromatic heterocycles. The molecule has 0 bridgehead atoms. The molecule has 104 valence electrons. The standard InChI is InChI=1S/C11H22N4O3/c1-8(2)18-10(16)13-11(9(12)14-17)4-6-15(3)7-5-11/h8,17H,4-7H2,1-3H3,(H2,12,14)(H,13,16). The summed E-state index contributed by atoms with van der Waals surface area (Å²) in [5.41, 5.74) is 4.91. The molecule has 1 aliphatic heterocycles. The first-order chi connectivity index (χ1) is 8.39. The molecule has 0 radical (unpaired) electrons. The number of hydrogen-bond donors (Lipinski definition) is 3. The van der Waals surface area contributed by atoms with Crippen molar-refractivity contribution in [2.24, 2.45) is 10.9 Å². The van der Waals surface area contributed by atoms with Crippen molar-refractivity contribution in [1.82, 2.24) is 10.2 Å². The summed E-state index contributed by atoms with van der Waals surface area (Å²) in [6.45, 7) is 5.06. The number of rotatable bonds is 3. The van der Waals surface area contributed by atoms with Crippen molar-refractivity contribution in [2.75, 3.05) is 20.1 Å². The monoisotopic (exact) mass is 258 g/mol. The first kappa shape index (κ1) is 14.6. The SMILES string of the molecule is CC(C)OC(=O)NC1(C(N)=NO)CCN(C)CC1. The number of carbonyl (C=O) groups excluding carboxylic acids is 1. The van der Waals surface area contributed by atoms with Crippen molar-refractivity contribution in [3.8, 4) is 0 Å². The number of nitrogens with one attached hydrogen (secondary N) is 1. The second kappa shape index (κ2) is 5.90. The van der Waals surface area contributed by atoms with E-state index in [4.69, 9.17) is 15.7 Å². The number of nitrogens with zero attached hydrogens (tertiary/aromatic N) is 2. The Morgan fingerprint density at radius 2 is 2.06 bits per heavy atom. The summed E-state index contributed by atoms with van der Waals surface area (Å²) in [5.74, 6) is 0.0244. The van der Waals surface area contributed by atoms with Crippen LogP contribution in [0.15, 0.2) is 5.16 Å². The molecular formula is C11H22N4O3. The Balaban J connectivity index is 2.76. The molecule has 0 aliphatic carbocycles. The Morgan fingerprint density at radius 1 is 1.50 bits per heavy atom. The van der Waals surface area contributed by atoms with E-state index in [0.29, 0.717) is 12.8 Å². The fourth-order valence-corrected chi connectivity index (χ4v) is 1.98. The maximum absolute atomic E-state index is 11.7. The zero-order valence-corrected chi connectivity index (χ0v) is 11.1. The van der Waals surface area contributed by atoms with Crippen molar-refractivity contribution >= 4 is 11.9 Å². The van der Waals surface area contributed by atoms with E-state index in [0.717, 1.165) is 13.1 Å². The van der Waals surface area contributed by atoms with Gasteiger partial charge in [0, 0.05) is 13.1 Å². The van der Waals surface area contributed by atoms with Gasteiger partial charge in [0.05, 0.1) is 6.10 Å². The smallest absolute Gasteiger partial charge is 0.408 e. The number of hydrogen-bond acceptors (Lipinski definition) is 5. The highest BCUT2D eigenvalue weighted by Crippen LogP contribution is 2.22. The van der Waals surface area contributed by atoms with Gasteiger partial charge in [-0.15, -0.1) is 0 Å². The number of amides is 1. The van der Waals surface area contributed by atoms with Gasteiger partial charge in [0.15, 0.2) is 5.84 Å². The highest BCUT2D eigenvalue weighted by atomic mass is 16.6. The summed E-state index contributed by atoms with van der Waals surface area (Å²) in [6.07, 6.45) is 0.431. The van der Waals surface area contributed by atoms with Crippen LogP contribution in [0.3, 0.4) is 0 Å². The van der Waals surface area contributed by atoms with Gasteiger partial charge in [0.25, 0.3) is 0 Å². The molecule has 18 heavy (non-hydrogen) atoms. The molecule has 1 fully saturated rings. The maximum Gasteiger partial charge on any atom is 0.408 e. The molecule has 0 spiro atoms. The number of piperidine rings is 1. The molecule has 0 saturated carbocycles. The fraction of sp³-hybridized carbons (Fsp3) is 0.818. The predicted molar refractivity (Wildman–Crippen MR) is 67.6 cm³/mol. The van der Waals surface area contributed by atoms with Crippen LogP contribution in [0.4, 0.5) is 4.79 Å². The van der Waals surface area contributed by atoms with Crippen molar-refractivity contribution < 1.29 is 14.7 Å². The topological polar surface area (TPSA) is 100 Å². The summed E-state index contributed by atoms with van der Waals surface area (Å²) in [5, 5.41) is 14.6. The van der Waals surface area contributed by atoms with Crippen molar-refractivity contribution in [3.63, 3.8) is 0 Å². The highest BCUT2D eigenvalue weighted by molar-refractivity contribution is 5.92. The van der Waals surface area contributed by atoms with Crippen LogP contribution in [0.25, 0.3) is 0 Å². The van der Waals surface area contributed by atoms with Crippen molar-refractivity contribution in [2.45, 2.75) is 38.3 Å². The van der Waals surface area contributed by atoms with Crippen LogP contribution in [0.5, 0.6) is 0 Å².